The van der Waals surface area contributed by atoms with Gasteiger partial charge in [0.15, 0.2) is 0 Å². The summed E-state index contributed by atoms with van der Waals surface area (Å²) in [5, 5.41) is 10.2. The number of carbonyl (C=O) groups is 1. The van der Waals surface area contributed by atoms with Gasteiger partial charge in [-0.25, -0.2) is 13.4 Å². The molecule has 2 aliphatic heterocycles. The minimum atomic E-state index is -3.75. The maximum absolute atomic E-state index is 12.9. The molecule has 0 saturated carbocycles. The molecule has 0 unspecified atom stereocenters. The monoisotopic (exact) mass is 392 g/mol. The number of sulfonamides is 1. The zero-order chi connectivity index (χ0) is 19.0. The number of hydrogen-bond donors (Lipinski definition) is 2. The van der Waals surface area contributed by atoms with Crippen LogP contribution in [0.2, 0.25) is 0 Å². The highest BCUT2D eigenvalue weighted by Gasteiger charge is 2.30. The summed E-state index contributed by atoms with van der Waals surface area (Å²) < 4.78 is 32.2. The van der Waals surface area contributed by atoms with Crippen LogP contribution >= 0.6 is 0 Å². The van der Waals surface area contributed by atoms with Gasteiger partial charge in [0.1, 0.15) is 5.75 Å². The average molecular weight is 392 g/mol. The minimum absolute atomic E-state index is 0.00945. The van der Waals surface area contributed by atoms with Crippen LogP contribution in [-0.2, 0) is 27.7 Å². The Morgan fingerprint density at radius 1 is 1.22 bits per heavy atom. The van der Waals surface area contributed by atoms with Crippen LogP contribution in [-0.4, -0.2) is 71.5 Å². The summed E-state index contributed by atoms with van der Waals surface area (Å²) in [5.74, 6) is -0.650. The fourth-order valence-corrected chi connectivity index (χ4v) is 4.77. The summed E-state index contributed by atoms with van der Waals surface area (Å²) in [7, 11) is -3.75. The first-order chi connectivity index (χ1) is 13.0. The molecule has 1 saturated heterocycles. The number of nitrogens with zero attached hydrogens (tertiary/aromatic N) is 3. The lowest BCUT2D eigenvalue weighted by molar-refractivity contribution is 0.0724. The number of aromatic nitrogens is 2. The van der Waals surface area contributed by atoms with E-state index in [0.29, 0.717) is 32.7 Å². The summed E-state index contributed by atoms with van der Waals surface area (Å²) in [6.45, 7) is 2.00. The van der Waals surface area contributed by atoms with Crippen molar-refractivity contribution in [1.82, 2.24) is 19.2 Å². The van der Waals surface area contributed by atoms with Gasteiger partial charge in [0.2, 0.25) is 10.0 Å². The average Bonchev–Trinajstić information content (AvgIpc) is 3.16. The van der Waals surface area contributed by atoms with Gasteiger partial charge in [-0.05, 0) is 18.2 Å². The van der Waals surface area contributed by atoms with E-state index >= 15 is 0 Å². The number of phenolic OH excluding ortho intramolecular Hbond substituents is 1. The first kappa shape index (κ1) is 18.0. The highest BCUT2D eigenvalue weighted by atomic mass is 32.2. The quantitative estimate of drug-likeness (QED) is 0.778. The third-order valence-electron chi connectivity index (χ3n) is 4.87. The molecule has 144 valence electrons. The number of ether oxygens (including phenoxy) is 1. The number of nitrogens with one attached hydrogen (secondary N) is 1. The van der Waals surface area contributed by atoms with Gasteiger partial charge in [-0.1, -0.05) is 0 Å². The van der Waals surface area contributed by atoms with Gasteiger partial charge in [-0.3, -0.25) is 4.79 Å². The normalized spacial score (nSPS) is 18.3. The van der Waals surface area contributed by atoms with Crippen LogP contribution < -0.4 is 0 Å². The molecular formula is C17H20N4O5S. The third kappa shape index (κ3) is 3.31. The standard InChI is InChI=1S/C17H20N4O5S/c22-16-2-1-12(27(24,25)21-5-7-26-8-6-21)9-13(16)17(23)20-4-3-14-15(10-20)19-11-18-14/h1-2,9,11,22H,3-8,10H2,(H,18,19). The molecule has 4 rings (SSSR count). The molecule has 2 aliphatic rings. The molecule has 1 amide bonds. The van der Waals surface area contributed by atoms with Crippen LogP contribution in [0.1, 0.15) is 21.7 Å². The molecule has 27 heavy (non-hydrogen) atoms. The molecule has 0 radical (unpaired) electrons. The number of aromatic amines is 1. The number of imidazole rings is 1. The second-order valence-corrected chi connectivity index (χ2v) is 8.44. The minimum Gasteiger partial charge on any atom is -0.507 e. The number of fused-ring (bicyclic) bond motifs is 1. The zero-order valence-electron chi connectivity index (χ0n) is 14.6. The lowest BCUT2D eigenvalue weighted by Gasteiger charge is -2.28. The zero-order valence-corrected chi connectivity index (χ0v) is 15.4. The Bertz CT molecular complexity index is 965. The van der Waals surface area contributed by atoms with Crippen molar-refractivity contribution < 1.29 is 23.1 Å². The lowest BCUT2D eigenvalue weighted by atomic mass is 10.1. The predicted octanol–water partition coefficient (Wildman–Crippen LogP) is 0.335. The van der Waals surface area contributed by atoms with Crippen molar-refractivity contribution in [2.75, 3.05) is 32.8 Å². The van der Waals surface area contributed by atoms with Crippen molar-refractivity contribution in [3.63, 3.8) is 0 Å². The predicted molar refractivity (Wildman–Crippen MR) is 94.7 cm³/mol. The number of amides is 1. The Balaban J connectivity index is 1.62. The number of phenols is 1. The van der Waals surface area contributed by atoms with E-state index in [4.69, 9.17) is 4.74 Å². The summed E-state index contributed by atoms with van der Waals surface area (Å²) >= 11 is 0. The van der Waals surface area contributed by atoms with E-state index in [2.05, 4.69) is 9.97 Å². The van der Waals surface area contributed by atoms with Gasteiger partial charge in [-0.2, -0.15) is 4.31 Å². The van der Waals surface area contributed by atoms with Crippen LogP contribution in [0.3, 0.4) is 0 Å². The highest BCUT2D eigenvalue weighted by molar-refractivity contribution is 7.89. The van der Waals surface area contributed by atoms with E-state index in [1.54, 1.807) is 11.2 Å². The molecule has 9 nitrogen and oxygen atoms in total. The number of aromatic hydroxyl groups is 1. The van der Waals surface area contributed by atoms with E-state index < -0.39 is 15.9 Å². The topological polar surface area (TPSA) is 116 Å². The molecule has 10 heteroatoms. The van der Waals surface area contributed by atoms with Gasteiger partial charge < -0.3 is 19.7 Å². The van der Waals surface area contributed by atoms with E-state index in [0.717, 1.165) is 11.4 Å². The van der Waals surface area contributed by atoms with Gasteiger partial charge in [0, 0.05) is 26.1 Å². The second kappa shape index (κ2) is 6.95. The van der Waals surface area contributed by atoms with Crippen molar-refractivity contribution in [3.05, 3.63) is 41.5 Å². The van der Waals surface area contributed by atoms with Crippen molar-refractivity contribution in [2.45, 2.75) is 17.9 Å². The first-order valence-electron chi connectivity index (χ1n) is 8.68. The maximum atomic E-state index is 12.9. The largest absolute Gasteiger partial charge is 0.507 e. The molecular weight excluding hydrogens is 372 g/mol. The van der Waals surface area contributed by atoms with Gasteiger partial charge in [0.25, 0.3) is 5.91 Å². The Morgan fingerprint density at radius 2 is 2.00 bits per heavy atom. The van der Waals surface area contributed by atoms with Crippen LogP contribution in [0.4, 0.5) is 0 Å². The number of carbonyl (C=O) groups excluding carboxylic acids is 1. The number of rotatable bonds is 3. The Kier molecular flexibility index (Phi) is 4.62. The SMILES string of the molecule is O=C(c1cc(S(=O)(=O)N2CCOCC2)ccc1O)N1CCc2nc[nH]c2C1. The molecule has 1 aromatic carbocycles. The number of H-pyrrole nitrogens is 1. The number of hydrogen-bond acceptors (Lipinski definition) is 6. The molecule has 3 heterocycles. The Hall–Kier alpha value is -2.43. The van der Waals surface area contributed by atoms with Crippen molar-refractivity contribution in [2.24, 2.45) is 0 Å². The molecule has 2 aromatic rings. The molecule has 1 aromatic heterocycles. The van der Waals surface area contributed by atoms with E-state index in [-0.39, 0.29) is 29.3 Å². The van der Waals surface area contributed by atoms with E-state index in [1.807, 2.05) is 0 Å². The fraction of sp³-hybridized carbons (Fsp3) is 0.412. The summed E-state index contributed by atoms with van der Waals surface area (Å²) in [5.41, 5.74) is 1.76. The van der Waals surface area contributed by atoms with E-state index in [1.165, 1.54) is 22.5 Å². The first-order valence-corrected chi connectivity index (χ1v) is 10.1. The van der Waals surface area contributed by atoms with Crippen LogP contribution in [0.5, 0.6) is 5.75 Å². The third-order valence-corrected chi connectivity index (χ3v) is 6.76. The molecule has 1 fully saturated rings. The van der Waals surface area contributed by atoms with Gasteiger partial charge in [0.05, 0.1) is 47.9 Å². The Morgan fingerprint density at radius 3 is 2.78 bits per heavy atom. The molecule has 0 aliphatic carbocycles. The molecule has 0 atom stereocenters. The maximum Gasteiger partial charge on any atom is 0.258 e. The lowest BCUT2D eigenvalue weighted by Crippen LogP contribution is -2.40. The number of benzene rings is 1. The van der Waals surface area contributed by atoms with Crippen LogP contribution in [0, 0.1) is 0 Å². The Labute approximate surface area is 156 Å². The molecule has 0 bridgehead atoms. The highest BCUT2D eigenvalue weighted by Crippen LogP contribution is 2.27. The number of morpholine rings is 1. The summed E-state index contributed by atoms with van der Waals surface area (Å²) in [6, 6.07) is 3.83. The summed E-state index contributed by atoms with van der Waals surface area (Å²) in [4.78, 5) is 21.7. The van der Waals surface area contributed by atoms with E-state index in [9.17, 15) is 18.3 Å². The van der Waals surface area contributed by atoms with Gasteiger partial charge in [-0.15, -0.1) is 0 Å². The fourth-order valence-electron chi connectivity index (χ4n) is 3.34. The van der Waals surface area contributed by atoms with Gasteiger partial charge >= 0.3 is 0 Å². The van der Waals surface area contributed by atoms with Crippen molar-refractivity contribution in [3.8, 4) is 5.75 Å². The second-order valence-electron chi connectivity index (χ2n) is 6.50. The summed E-state index contributed by atoms with van der Waals surface area (Å²) in [6.07, 6.45) is 2.20. The van der Waals surface area contributed by atoms with Crippen molar-refractivity contribution in [1.29, 1.82) is 0 Å². The van der Waals surface area contributed by atoms with Crippen LogP contribution in [0.15, 0.2) is 29.4 Å². The smallest absolute Gasteiger partial charge is 0.258 e. The van der Waals surface area contributed by atoms with Crippen LogP contribution in [0.25, 0.3) is 0 Å². The van der Waals surface area contributed by atoms with Crippen molar-refractivity contribution >= 4 is 15.9 Å². The molecule has 2 N–H and O–H groups in total. The molecule has 0 spiro atoms.